The molecule has 0 spiro atoms. The van der Waals surface area contributed by atoms with Crippen LogP contribution in [0, 0.1) is 5.82 Å². The van der Waals surface area contributed by atoms with E-state index in [2.05, 4.69) is 15.3 Å². The summed E-state index contributed by atoms with van der Waals surface area (Å²) >= 11 is 0. The number of fused-ring (bicyclic) bond motifs is 1. The number of furan rings is 1. The molecule has 1 amide bonds. The molecule has 5 rings (SSSR count). The number of hydrogen-bond acceptors (Lipinski definition) is 5. The van der Waals surface area contributed by atoms with Gasteiger partial charge in [-0.15, -0.1) is 0 Å². The minimum absolute atomic E-state index is 0.0725. The first-order valence-electron chi connectivity index (χ1n) is 11.4. The topological polar surface area (TPSA) is 83.5 Å². The molecule has 1 aliphatic rings. The summed E-state index contributed by atoms with van der Waals surface area (Å²) in [5.74, 6) is -0.623. The monoisotopic (exact) mass is 462 g/mol. The van der Waals surface area contributed by atoms with Gasteiger partial charge < -0.3 is 14.8 Å². The van der Waals surface area contributed by atoms with E-state index < -0.39 is 11.5 Å². The average Bonchev–Trinajstić information content (AvgIpc) is 3.45. The van der Waals surface area contributed by atoms with Crippen molar-refractivity contribution in [1.82, 2.24) is 20.0 Å². The first kappa shape index (κ1) is 22.3. The van der Waals surface area contributed by atoms with Gasteiger partial charge in [-0.1, -0.05) is 24.3 Å². The molecule has 4 aromatic rings. The molecule has 8 heteroatoms. The highest BCUT2D eigenvalue weighted by Crippen LogP contribution is 2.35. The Kier molecular flexibility index (Phi) is 5.93. The Balaban J connectivity index is 1.25. The van der Waals surface area contributed by atoms with E-state index in [1.807, 2.05) is 31.6 Å². The molecule has 2 N–H and O–H groups in total. The van der Waals surface area contributed by atoms with Crippen LogP contribution in [0.4, 0.5) is 4.39 Å². The maximum atomic E-state index is 13.8. The number of amides is 1. The summed E-state index contributed by atoms with van der Waals surface area (Å²) in [5.41, 5.74) is 2.03. The molecule has 2 aromatic carbocycles. The van der Waals surface area contributed by atoms with Gasteiger partial charge in [0, 0.05) is 55.9 Å². The number of hydrogen-bond donors (Lipinski definition) is 2. The van der Waals surface area contributed by atoms with Gasteiger partial charge in [0.25, 0.3) is 5.91 Å². The molecule has 0 radical (unpaired) electrons. The van der Waals surface area contributed by atoms with Crippen LogP contribution in [0.2, 0.25) is 0 Å². The van der Waals surface area contributed by atoms with Crippen molar-refractivity contribution in [2.45, 2.75) is 31.5 Å². The number of carbonyl (C=O) groups excluding carboxylic acids is 1. The molecule has 7 nitrogen and oxygen atoms in total. The minimum Gasteiger partial charge on any atom is -0.451 e. The smallest absolute Gasteiger partial charge is 0.287 e. The van der Waals surface area contributed by atoms with Gasteiger partial charge in [0.15, 0.2) is 5.76 Å². The highest BCUT2D eigenvalue weighted by molar-refractivity contribution is 5.96. The van der Waals surface area contributed by atoms with Crippen LogP contribution >= 0.6 is 0 Å². The second-order valence-corrected chi connectivity index (χ2v) is 8.97. The summed E-state index contributed by atoms with van der Waals surface area (Å²) in [6.45, 7) is 2.44. The van der Waals surface area contributed by atoms with Gasteiger partial charge in [-0.2, -0.15) is 5.10 Å². The van der Waals surface area contributed by atoms with Crippen molar-refractivity contribution in [3.8, 4) is 0 Å². The predicted molar refractivity (Wildman–Crippen MR) is 125 cm³/mol. The first-order valence-corrected chi connectivity index (χ1v) is 11.4. The zero-order valence-electron chi connectivity index (χ0n) is 19.0. The molecule has 2 aromatic heterocycles. The molecular formula is C26H27FN4O3. The van der Waals surface area contributed by atoms with Crippen LogP contribution in [-0.4, -0.2) is 38.8 Å². The second-order valence-electron chi connectivity index (χ2n) is 8.97. The fourth-order valence-corrected chi connectivity index (χ4v) is 4.53. The van der Waals surface area contributed by atoms with Gasteiger partial charge in [0.1, 0.15) is 11.4 Å². The number of nitrogens with one attached hydrogen (secondary N) is 1. The molecule has 0 aliphatic carbocycles. The number of aromatic nitrogens is 2. The third-order valence-electron chi connectivity index (χ3n) is 6.52. The van der Waals surface area contributed by atoms with Crippen molar-refractivity contribution in [1.29, 1.82) is 0 Å². The first-order chi connectivity index (χ1) is 16.4. The summed E-state index contributed by atoms with van der Waals surface area (Å²) in [6, 6.07) is 13.5. The van der Waals surface area contributed by atoms with E-state index in [-0.39, 0.29) is 18.1 Å². The lowest BCUT2D eigenvalue weighted by atomic mass is 9.84. The summed E-state index contributed by atoms with van der Waals surface area (Å²) < 4.78 is 21.3. The Hall–Kier alpha value is -3.49. The molecule has 1 fully saturated rings. The van der Waals surface area contributed by atoms with E-state index >= 15 is 0 Å². The molecule has 34 heavy (non-hydrogen) atoms. The van der Waals surface area contributed by atoms with Crippen molar-refractivity contribution in [2.24, 2.45) is 7.05 Å². The Morgan fingerprint density at radius 3 is 2.74 bits per heavy atom. The van der Waals surface area contributed by atoms with Crippen LogP contribution in [0.3, 0.4) is 0 Å². The van der Waals surface area contributed by atoms with Gasteiger partial charge in [0.05, 0.1) is 11.8 Å². The number of halogens is 1. The molecule has 176 valence electrons. The number of piperidine rings is 1. The van der Waals surface area contributed by atoms with Crippen LogP contribution in [0.1, 0.15) is 40.1 Å². The summed E-state index contributed by atoms with van der Waals surface area (Å²) in [7, 11) is 1.91. The van der Waals surface area contributed by atoms with Gasteiger partial charge in [-0.3, -0.25) is 14.4 Å². The maximum Gasteiger partial charge on any atom is 0.287 e. The molecule has 0 unspecified atom stereocenters. The van der Waals surface area contributed by atoms with Crippen molar-refractivity contribution < 1.29 is 18.7 Å². The Morgan fingerprint density at radius 1 is 1.21 bits per heavy atom. The minimum atomic E-state index is -0.926. The number of carbonyl (C=O) groups is 1. The number of aliphatic hydroxyl groups is 1. The average molecular weight is 463 g/mol. The van der Waals surface area contributed by atoms with Gasteiger partial charge in [0.2, 0.25) is 0 Å². The Bertz CT molecular complexity index is 1320. The van der Waals surface area contributed by atoms with E-state index in [1.54, 1.807) is 35.0 Å². The highest BCUT2D eigenvalue weighted by atomic mass is 19.1. The summed E-state index contributed by atoms with van der Waals surface area (Å²) in [4.78, 5) is 14.9. The zero-order chi connectivity index (χ0) is 23.7. The van der Waals surface area contributed by atoms with Crippen molar-refractivity contribution in [3.63, 3.8) is 0 Å². The van der Waals surface area contributed by atoms with Gasteiger partial charge in [-0.25, -0.2) is 4.39 Å². The molecule has 3 heterocycles. The van der Waals surface area contributed by atoms with E-state index in [0.717, 1.165) is 36.1 Å². The number of nitrogens with zero attached hydrogens (tertiary/aromatic N) is 3. The molecule has 1 saturated heterocycles. The lowest BCUT2D eigenvalue weighted by Crippen LogP contribution is -2.42. The Morgan fingerprint density at radius 2 is 2.00 bits per heavy atom. The second kappa shape index (κ2) is 9.04. The molecule has 0 saturated carbocycles. The van der Waals surface area contributed by atoms with Gasteiger partial charge >= 0.3 is 0 Å². The lowest BCUT2D eigenvalue weighted by molar-refractivity contribution is -0.0276. The Labute approximate surface area is 196 Å². The fourth-order valence-electron chi connectivity index (χ4n) is 4.53. The van der Waals surface area contributed by atoms with Crippen molar-refractivity contribution in [3.05, 3.63) is 89.2 Å². The third kappa shape index (κ3) is 4.60. The zero-order valence-corrected chi connectivity index (χ0v) is 19.0. The number of benzene rings is 2. The largest absolute Gasteiger partial charge is 0.451 e. The normalized spacial score (nSPS) is 16.1. The molecule has 0 atom stereocenters. The van der Waals surface area contributed by atoms with E-state index in [1.165, 1.54) is 6.07 Å². The summed E-state index contributed by atoms with van der Waals surface area (Å²) in [6.07, 6.45) is 5.12. The number of aryl methyl sites for hydroxylation is 1. The standard InChI is InChI=1S/C26H27FN4O3/c1-30-16-18(14-29-30)17-31-10-8-26(33,9-11-31)21-6-7-23-20(12-21)13-24(34-23)25(32)28-15-19-4-2-3-5-22(19)27/h2-7,12-14,16,33H,8-11,15,17H2,1H3,(H,28,32). The van der Waals surface area contributed by atoms with Crippen molar-refractivity contribution >= 4 is 16.9 Å². The maximum absolute atomic E-state index is 13.8. The van der Waals surface area contributed by atoms with Gasteiger partial charge in [-0.05, 0) is 42.7 Å². The van der Waals surface area contributed by atoms with Crippen molar-refractivity contribution in [2.75, 3.05) is 13.1 Å². The van der Waals surface area contributed by atoms with E-state index in [4.69, 9.17) is 4.42 Å². The lowest BCUT2D eigenvalue weighted by Gasteiger charge is -2.38. The number of rotatable bonds is 6. The van der Waals surface area contributed by atoms with Crippen LogP contribution in [-0.2, 0) is 25.7 Å². The SMILES string of the molecule is Cn1cc(CN2CCC(O)(c3ccc4oc(C(=O)NCc5ccccc5F)cc4c3)CC2)cn1. The van der Waals surface area contributed by atoms with E-state index in [0.29, 0.717) is 24.0 Å². The van der Waals surface area contributed by atoms with Crippen LogP contribution in [0.15, 0.2) is 65.3 Å². The van der Waals surface area contributed by atoms with Crippen LogP contribution in [0.5, 0.6) is 0 Å². The predicted octanol–water partition coefficient (Wildman–Crippen LogP) is 3.72. The molecule has 1 aliphatic heterocycles. The molecular weight excluding hydrogens is 435 g/mol. The summed E-state index contributed by atoms with van der Waals surface area (Å²) in [5, 5.41) is 19.0. The quantitative estimate of drug-likeness (QED) is 0.456. The van der Waals surface area contributed by atoms with Crippen LogP contribution in [0.25, 0.3) is 11.0 Å². The van der Waals surface area contributed by atoms with E-state index in [9.17, 15) is 14.3 Å². The fraction of sp³-hybridized carbons (Fsp3) is 0.308. The highest BCUT2D eigenvalue weighted by Gasteiger charge is 2.34. The third-order valence-corrected chi connectivity index (χ3v) is 6.52. The molecule has 0 bridgehead atoms. The number of likely N-dealkylation sites (tertiary alicyclic amines) is 1. The van der Waals surface area contributed by atoms with Crippen LogP contribution < -0.4 is 5.32 Å².